The van der Waals surface area contributed by atoms with Crippen LogP contribution in [0.2, 0.25) is 0 Å². The van der Waals surface area contributed by atoms with Crippen LogP contribution in [0, 0.1) is 5.92 Å². The molecule has 28 heavy (non-hydrogen) atoms. The fourth-order valence-electron chi connectivity index (χ4n) is 3.67. The van der Waals surface area contributed by atoms with Crippen LogP contribution in [0.15, 0.2) is 12.7 Å². The van der Waals surface area contributed by atoms with E-state index < -0.39 is 0 Å². The Morgan fingerprint density at radius 1 is 0.786 bits per heavy atom. The van der Waals surface area contributed by atoms with Crippen LogP contribution in [-0.4, -0.2) is 12.1 Å². The molecule has 0 spiro atoms. The van der Waals surface area contributed by atoms with Crippen LogP contribution in [0.4, 0.5) is 0 Å². The van der Waals surface area contributed by atoms with Crippen molar-refractivity contribution in [3.63, 3.8) is 0 Å². The first-order valence-electron chi connectivity index (χ1n) is 12.4. The molecule has 0 saturated heterocycles. The molecule has 0 aliphatic rings. The molecule has 0 aliphatic carbocycles. The van der Waals surface area contributed by atoms with E-state index in [2.05, 4.69) is 27.4 Å². The van der Waals surface area contributed by atoms with Crippen LogP contribution >= 0.6 is 0 Å². The van der Waals surface area contributed by atoms with Gasteiger partial charge in [0.1, 0.15) is 6.10 Å². The van der Waals surface area contributed by atoms with Gasteiger partial charge in [0.05, 0.1) is 0 Å². The van der Waals surface area contributed by atoms with Crippen molar-refractivity contribution >= 4 is 5.97 Å². The lowest BCUT2D eigenvalue weighted by Gasteiger charge is -2.18. The highest BCUT2D eigenvalue weighted by Gasteiger charge is 2.14. The quantitative estimate of drug-likeness (QED) is 0.110. The molecule has 0 aromatic rings. The van der Waals surface area contributed by atoms with Gasteiger partial charge in [0, 0.05) is 6.42 Å². The summed E-state index contributed by atoms with van der Waals surface area (Å²) in [4.78, 5) is 12.2. The molecule has 1 atom stereocenters. The third-order valence-corrected chi connectivity index (χ3v) is 5.52. The number of unbranched alkanes of at least 4 members (excludes halogenated alkanes) is 11. The molecule has 1 unspecified atom stereocenters. The summed E-state index contributed by atoms with van der Waals surface area (Å²) in [6.07, 6.45) is 23.3. The minimum atomic E-state index is 0.0226. The maximum Gasteiger partial charge on any atom is 0.306 e. The largest absolute Gasteiger partial charge is 0.462 e. The van der Waals surface area contributed by atoms with E-state index >= 15 is 0 Å². The second kappa shape index (κ2) is 20.9. The second-order valence-corrected chi connectivity index (χ2v) is 8.94. The molecule has 2 heteroatoms. The maximum absolute atomic E-state index is 12.2. The summed E-state index contributed by atoms with van der Waals surface area (Å²) in [5, 5.41) is 0. The van der Waals surface area contributed by atoms with Crippen LogP contribution in [0.5, 0.6) is 0 Å². The number of ether oxygens (including phenoxy) is 1. The van der Waals surface area contributed by atoms with Gasteiger partial charge in [-0.1, -0.05) is 91.1 Å². The summed E-state index contributed by atoms with van der Waals surface area (Å²) >= 11 is 0. The van der Waals surface area contributed by atoms with Gasteiger partial charge >= 0.3 is 5.97 Å². The Kier molecular flexibility index (Phi) is 20.3. The first kappa shape index (κ1) is 27.2. The van der Waals surface area contributed by atoms with E-state index in [0.29, 0.717) is 6.42 Å². The predicted octanol–water partition coefficient (Wildman–Crippen LogP) is 8.78. The predicted molar refractivity (Wildman–Crippen MR) is 124 cm³/mol. The smallest absolute Gasteiger partial charge is 0.306 e. The molecular formula is C26H50O2. The Morgan fingerprint density at radius 3 is 1.89 bits per heavy atom. The second-order valence-electron chi connectivity index (χ2n) is 8.94. The third kappa shape index (κ3) is 20.0. The number of carbonyl (C=O) groups excluding carboxylic acids is 1. The van der Waals surface area contributed by atoms with Crippen molar-refractivity contribution in [3.8, 4) is 0 Å². The zero-order valence-electron chi connectivity index (χ0n) is 19.5. The average molecular weight is 395 g/mol. The molecule has 166 valence electrons. The fraction of sp³-hybridized carbons (Fsp3) is 0.885. The van der Waals surface area contributed by atoms with Crippen molar-refractivity contribution in [2.24, 2.45) is 5.92 Å². The third-order valence-electron chi connectivity index (χ3n) is 5.52. The molecule has 0 rings (SSSR count). The van der Waals surface area contributed by atoms with Gasteiger partial charge in [0.25, 0.3) is 0 Å². The van der Waals surface area contributed by atoms with Gasteiger partial charge in [0.2, 0.25) is 0 Å². The van der Waals surface area contributed by atoms with E-state index in [0.717, 1.165) is 44.4 Å². The summed E-state index contributed by atoms with van der Waals surface area (Å²) in [6.45, 7) is 10.6. The normalized spacial score (nSPS) is 12.3. The molecule has 0 saturated carbocycles. The molecule has 0 amide bonds. The van der Waals surface area contributed by atoms with E-state index in [1.807, 2.05) is 6.08 Å². The molecule has 0 bridgehead atoms. The molecule has 0 radical (unpaired) electrons. The highest BCUT2D eigenvalue weighted by Crippen LogP contribution is 2.18. The summed E-state index contributed by atoms with van der Waals surface area (Å²) in [5.41, 5.74) is 0. The van der Waals surface area contributed by atoms with E-state index in [4.69, 9.17) is 4.74 Å². The van der Waals surface area contributed by atoms with Gasteiger partial charge in [0.15, 0.2) is 0 Å². The topological polar surface area (TPSA) is 26.3 Å². The van der Waals surface area contributed by atoms with Crippen molar-refractivity contribution in [1.82, 2.24) is 0 Å². The van der Waals surface area contributed by atoms with Crippen molar-refractivity contribution < 1.29 is 9.53 Å². The fourth-order valence-corrected chi connectivity index (χ4v) is 3.67. The summed E-state index contributed by atoms with van der Waals surface area (Å²) in [7, 11) is 0. The number of carbonyl (C=O) groups is 1. The Hall–Kier alpha value is -0.790. The SMILES string of the molecule is C=CCCCCCC(=O)OC(CCCCCCCC)CCCCCCC(C)C. The van der Waals surface area contributed by atoms with Gasteiger partial charge in [-0.2, -0.15) is 0 Å². The molecule has 0 aromatic heterocycles. The minimum absolute atomic E-state index is 0.0226. The minimum Gasteiger partial charge on any atom is -0.462 e. The number of hydrogen-bond donors (Lipinski definition) is 0. The average Bonchev–Trinajstić information content (AvgIpc) is 2.66. The lowest BCUT2D eigenvalue weighted by atomic mass is 10.0. The van der Waals surface area contributed by atoms with Crippen molar-refractivity contribution in [2.75, 3.05) is 0 Å². The van der Waals surface area contributed by atoms with Gasteiger partial charge in [-0.15, -0.1) is 6.58 Å². The molecule has 0 aromatic carbocycles. The highest BCUT2D eigenvalue weighted by molar-refractivity contribution is 5.69. The Morgan fingerprint density at radius 2 is 1.32 bits per heavy atom. The van der Waals surface area contributed by atoms with E-state index in [-0.39, 0.29) is 12.1 Å². The molecule has 0 aliphatic heterocycles. The number of rotatable bonds is 21. The van der Waals surface area contributed by atoms with Crippen LogP contribution < -0.4 is 0 Å². The number of esters is 1. The van der Waals surface area contributed by atoms with Crippen molar-refractivity contribution in [2.45, 2.75) is 142 Å². The summed E-state index contributed by atoms with van der Waals surface area (Å²) < 4.78 is 5.87. The summed E-state index contributed by atoms with van der Waals surface area (Å²) in [6, 6.07) is 0. The van der Waals surface area contributed by atoms with E-state index in [1.165, 1.54) is 70.6 Å². The van der Waals surface area contributed by atoms with Crippen LogP contribution in [0.3, 0.4) is 0 Å². The van der Waals surface area contributed by atoms with Crippen molar-refractivity contribution in [1.29, 1.82) is 0 Å². The first-order valence-corrected chi connectivity index (χ1v) is 12.4. The Bertz CT molecular complexity index is 348. The summed E-state index contributed by atoms with van der Waals surface area (Å²) in [5.74, 6) is 0.835. The molecule has 0 heterocycles. The Balaban J connectivity index is 4.04. The van der Waals surface area contributed by atoms with Crippen molar-refractivity contribution in [3.05, 3.63) is 12.7 Å². The lowest BCUT2D eigenvalue weighted by molar-refractivity contribution is -0.150. The highest BCUT2D eigenvalue weighted by atomic mass is 16.5. The Labute approximate surface area is 176 Å². The maximum atomic E-state index is 12.2. The lowest BCUT2D eigenvalue weighted by Crippen LogP contribution is -2.18. The van der Waals surface area contributed by atoms with Crippen LogP contribution in [0.25, 0.3) is 0 Å². The molecule has 0 N–H and O–H groups in total. The molecule has 2 nitrogen and oxygen atoms in total. The monoisotopic (exact) mass is 394 g/mol. The number of hydrogen-bond acceptors (Lipinski definition) is 2. The zero-order valence-corrected chi connectivity index (χ0v) is 19.5. The van der Waals surface area contributed by atoms with Gasteiger partial charge in [-0.05, 0) is 50.9 Å². The van der Waals surface area contributed by atoms with Gasteiger partial charge in [-0.25, -0.2) is 0 Å². The zero-order chi connectivity index (χ0) is 20.9. The van der Waals surface area contributed by atoms with Crippen LogP contribution in [0.1, 0.15) is 136 Å². The van der Waals surface area contributed by atoms with E-state index in [1.54, 1.807) is 0 Å². The molecular weight excluding hydrogens is 344 g/mol. The molecule has 0 fully saturated rings. The van der Waals surface area contributed by atoms with E-state index in [9.17, 15) is 4.79 Å². The standard InChI is InChI=1S/C26H50O2/c1-5-7-9-11-13-17-21-25(22-18-15-14-16-20-24(3)4)28-26(27)23-19-12-10-8-6-2/h6,24-25H,2,5,7-23H2,1,3-4H3. The number of allylic oxidation sites excluding steroid dienone is 1. The van der Waals surface area contributed by atoms with Crippen LogP contribution in [-0.2, 0) is 9.53 Å². The van der Waals surface area contributed by atoms with Gasteiger partial charge < -0.3 is 4.74 Å². The van der Waals surface area contributed by atoms with Gasteiger partial charge in [-0.3, -0.25) is 4.79 Å². The first-order chi connectivity index (χ1) is 13.6.